The Balaban J connectivity index is 2.59. The third-order valence-corrected chi connectivity index (χ3v) is 1.96. The van der Waals surface area contributed by atoms with Crippen molar-refractivity contribution in [1.82, 2.24) is 19.9 Å². The van der Waals surface area contributed by atoms with Crippen molar-refractivity contribution in [2.45, 2.75) is 6.54 Å². The van der Waals surface area contributed by atoms with Gasteiger partial charge in [0, 0.05) is 0 Å². The summed E-state index contributed by atoms with van der Waals surface area (Å²) < 4.78 is 1.33. The molecule has 0 aliphatic heterocycles. The first-order valence-corrected chi connectivity index (χ1v) is 4.45. The number of carbonyl (C=O) groups is 1. The molecule has 0 spiro atoms. The second-order valence-corrected chi connectivity index (χ2v) is 3.04. The van der Waals surface area contributed by atoms with Crippen LogP contribution in [0.1, 0.15) is 16.3 Å². The summed E-state index contributed by atoms with van der Waals surface area (Å²) in [6, 6.07) is 4.86. The molecule has 0 bridgehead atoms. The molecule has 0 amide bonds. The molecule has 0 aromatic carbocycles. The Bertz CT molecular complexity index is 506. The molecule has 2 aromatic rings. The number of carboxylic acid groups (broad SMARTS) is 1. The Morgan fingerprint density at radius 3 is 3.07 bits per heavy atom. The minimum atomic E-state index is -1.01. The number of hydrogen-bond acceptors (Lipinski definition) is 4. The summed E-state index contributed by atoms with van der Waals surface area (Å²) in [5.41, 5.74) is 0.655. The Morgan fingerprint density at radius 1 is 1.60 bits per heavy atom. The fourth-order valence-electron chi connectivity index (χ4n) is 1.34. The van der Waals surface area contributed by atoms with Crippen LogP contribution in [0.2, 0.25) is 0 Å². The number of aromatic carboxylic acids is 1. The minimum Gasteiger partial charge on any atom is -0.477 e. The topological polar surface area (TPSA) is 79.5 Å². The van der Waals surface area contributed by atoms with Crippen molar-refractivity contribution in [2.75, 3.05) is 7.05 Å². The van der Waals surface area contributed by atoms with E-state index in [0.29, 0.717) is 18.0 Å². The SMILES string of the molecule is CNCc1nc2cccc(C(=O)O)n2n1. The molecule has 0 radical (unpaired) electrons. The second kappa shape index (κ2) is 3.66. The van der Waals surface area contributed by atoms with Gasteiger partial charge in [-0.1, -0.05) is 6.07 Å². The van der Waals surface area contributed by atoms with Gasteiger partial charge in [-0.15, -0.1) is 5.10 Å². The van der Waals surface area contributed by atoms with Gasteiger partial charge in [0.15, 0.2) is 17.2 Å². The summed E-state index contributed by atoms with van der Waals surface area (Å²) >= 11 is 0. The molecule has 0 fully saturated rings. The van der Waals surface area contributed by atoms with Gasteiger partial charge in [0.2, 0.25) is 0 Å². The maximum atomic E-state index is 10.9. The first kappa shape index (κ1) is 9.60. The van der Waals surface area contributed by atoms with E-state index in [9.17, 15) is 4.79 Å². The summed E-state index contributed by atoms with van der Waals surface area (Å²) in [5, 5.41) is 15.9. The standard InChI is InChI=1S/C9H10N4O2/c1-10-5-7-11-8-4-2-3-6(9(14)15)13(8)12-7/h2-4,10H,5H2,1H3,(H,14,15). The molecule has 6 nitrogen and oxygen atoms in total. The highest BCUT2D eigenvalue weighted by molar-refractivity contribution is 5.86. The van der Waals surface area contributed by atoms with Gasteiger partial charge in [-0.25, -0.2) is 14.3 Å². The lowest BCUT2D eigenvalue weighted by Crippen LogP contribution is -2.08. The number of aromatic nitrogens is 3. The summed E-state index contributed by atoms with van der Waals surface area (Å²) in [6.45, 7) is 0.515. The van der Waals surface area contributed by atoms with Gasteiger partial charge in [-0.2, -0.15) is 0 Å². The molecule has 0 aliphatic carbocycles. The van der Waals surface area contributed by atoms with Gasteiger partial charge in [-0.3, -0.25) is 0 Å². The number of fused-ring (bicyclic) bond motifs is 1. The molecule has 2 rings (SSSR count). The van der Waals surface area contributed by atoms with Gasteiger partial charge in [0.25, 0.3) is 0 Å². The van der Waals surface area contributed by atoms with Crippen LogP contribution in [0.5, 0.6) is 0 Å². The molecule has 0 saturated carbocycles. The number of nitrogens with one attached hydrogen (secondary N) is 1. The fourth-order valence-corrected chi connectivity index (χ4v) is 1.34. The normalized spacial score (nSPS) is 10.7. The summed E-state index contributed by atoms with van der Waals surface area (Å²) in [7, 11) is 1.78. The van der Waals surface area contributed by atoms with Gasteiger partial charge < -0.3 is 10.4 Å². The Morgan fingerprint density at radius 2 is 2.40 bits per heavy atom. The quantitative estimate of drug-likeness (QED) is 0.747. The van der Waals surface area contributed by atoms with Gasteiger partial charge in [-0.05, 0) is 19.2 Å². The lowest BCUT2D eigenvalue weighted by molar-refractivity contribution is 0.0687. The number of carboxylic acids is 1. The maximum absolute atomic E-state index is 10.9. The van der Waals surface area contributed by atoms with Crippen LogP contribution in [0, 0.1) is 0 Å². The fraction of sp³-hybridized carbons (Fsp3) is 0.222. The monoisotopic (exact) mass is 206 g/mol. The molecular formula is C9H10N4O2. The van der Waals surface area contributed by atoms with E-state index in [4.69, 9.17) is 5.11 Å². The van der Waals surface area contributed by atoms with E-state index in [0.717, 1.165) is 0 Å². The van der Waals surface area contributed by atoms with Crippen LogP contribution in [-0.2, 0) is 6.54 Å². The smallest absolute Gasteiger partial charge is 0.354 e. The summed E-state index contributed by atoms with van der Waals surface area (Å²) in [6.07, 6.45) is 0. The minimum absolute atomic E-state index is 0.113. The van der Waals surface area contributed by atoms with E-state index in [-0.39, 0.29) is 5.69 Å². The molecular weight excluding hydrogens is 196 g/mol. The van der Waals surface area contributed by atoms with Crippen LogP contribution in [0.3, 0.4) is 0 Å². The third-order valence-electron chi connectivity index (χ3n) is 1.96. The Kier molecular flexibility index (Phi) is 2.34. The molecule has 15 heavy (non-hydrogen) atoms. The van der Waals surface area contributed by atoms with Crippen molar-refractivity contribution < 1.29 is 9.90 Å². The highest BCUT2D eigenvalue weighted by Crippen LogP contribution is 2.05. The summed E-state index contributed by atoms with van der Waals surface area (Å²) in [4.78, 5) is 15.0. The predicted octanol–water partition coefficient (Wildman–Crippen LogP) is 0.147. The molecule has 0 saturated heterocycles. The average Bonchev–Trinajstić information content (AvgIpc) is 2.59. The van der Waals surface area contributed by atoms with Crippen molar-refractivity contribution in [3.8, 4) is 0 Å². The lowest BCUT2D eigenvalue weighted by atomic mass is 10.3. The van der Waals surface area contributed by atoms with Gasteiger partial charge in [0.05, 0.1) is 6.54 Å². The highest BCUT2D eigenvalue weighted by atomic mass is 16.4. The Hall–Kier alpha value is -1.95. The van der Waals surface area contributed by atoms with Crippen molar-refractivity contribution >= 4 is 11.6 Å². The molecule has 0 unspecified atom stereocenters. The van der Waals surface area contributed by atoms with Gasteiger partial charge in [0.1, 0.15) is 0 Å². The molecule has 2 heterocycles. The predicted molar refractivity (Wildman–Crippen MR) is 52.7 cm³/mol. The number of hydrogen-bond donors (Lipinski definition) is 2. The van der Waals surface area contributed by atoms with E-state index in [1.807, 2.05) is 0 Å². The Labute approximate surface area is 85.6 Å². The van der Waals surface area contributed by atoms with E-state index in [1.54, 1.807) is 19.2 Å². The van der Waals surface area contributed by atoms with Crippen molar-refractivity contribution in [2.24, 2.45) is 0 Å². The molecule has 78 valence electrons. The largest absolute Gasteiger partial charge is 0.477 e. The van der Waals surface area contributed by atoms with Crippen molar-refractivity contribution in [3.05, 3.63) is 29.7 Å². The van der Waals surface area contributed by atoms with Crippen LogP contribution in [0.25, 0.3) is 5.65 Å². The van der Waals surface area contributed by atoms with E-state index < -0.39 is 5.97 Å². The van der Waals surface area contributed by atoms with Crippen LogP contribution < -0.4 is 5.32 Å². The second-order valence-electron chi connectivity index (χ2n) is 3.04. The zero-order valence-electron chi connectivity index (χ0n) is 8.14. The zero-order valence-corrected chi connectivity index (χ0v) is 8.14. The summed E-state index contributed by atoms with van der Waals surface area (Å²) in [5.74, 6) is -0.437. The number of rotatable bonds is 3. The average molecular weight is 206 g/mol. The maximum Gasteiger partial charge on any atom is 0.354 e. The molecule has 2 aromatic heterocycles. The van der Waals surface area contributed by atoms with E-state index >= 15 is 0 Å². The first-order valence-electron chi connectivity index (χ1n) is 4.45. The van der Waals surface area contributed by atoms with E-state index in [2.05, 4.69) is 15.4 Å². The number of nitrogens with zero attached hydrogens (tertiary/aromatic N) is 3. The zero-order chi connectivity index (χ0) is 10.8. The highest BCUT2D eigenvalue weighted by Gasteiger charge is 2.10. The first-order chi connectivity index (χ1) is 7.22. The van der Waals surface area contributed by atoms with Crippen molar-refractivity contribution in [3.63, 3.8) is 0 Å². The molecule has 0 aliphatic rings. The molecule has 0 atom stereocenters. The van der Waals surface area contributed by atoms with Crippen LogP contribution in [0.15, 0.2) is 18.2 Å². The van der Waals surface area contributed by atoms with Crippen LogP contribution >= 0.6 is 0 Å². The third kappa shape index (κ3) is 1.66. The van der Waals surface area contributed by atoms with Crippen LogP contribution in [0.4, 0.5) is 0 Å². The molecule has 2 N–H and O–H groups in total. The van der Waals surface area contributed by atoms with Gasteiger partial charge >= 0.3 is 5.97 Å². The van der Waals surface area contributed by atoms with Crippen molar-refractivity contribution in [1.29, 1.82) is 0 Å². The lowest BCUT2D eigenvalue weighted by Gasteiger charge is -1.96. The number of pyridine rings is 1. The van der Waals surface area contributed by atoms with E-state index in [1.165, 1.54) is 10.6 Å². The van der Waals surface area contributed by atoms with Crippen LogP contribution in [-0.4, -0.2) is 32.7 Å². The molecule has 6 heteroatoms.